The predicted molar refractivity (Wildman–Crippen MR) is 93.5 cm³/mol. The number of rotatable bonds is 6. The first-order chi connectivity index (χ1) is 11.3. The lowest BCUT2D eigenvalue weighted by molar-refractivity contribution is 0.254. The molecule has 1 heterocycles. The molecule has 4 heteroatoms. The minimum absolute atomic E-state index is 0.465. The molecular formula is C19H16BrNO2. The summed E-state index contributed by atoms with van der Waals surface area (Å²) in [7, 11) is 0. The number of benzene rings is 2. The maximum atomic E-state index is 5.94. The molecule has 0 fully saturated rings. The summed E-state index contributed by atoms with van der Waals surface area (Å²) >= 11 is 3.53. The predicted octanol–water partition coefficient (Wildman–Crippen LogP) is 5.00. The van der Waals surface area contributed by atoms with Gasteiger partial charge in [0, 0.05) is 12.4 Å². The molecule has 0 spiro atoms. The van der Waals surface area contributed by atoms with E-state index in [4.69, 9.17) is 9.47 Å². The van der Waals surface area contributed by atoms with Gasteiger partial charge in [0.1, 0.15) is 13.2 Å². The zero-order chi connectivity index (χ0) is 15.9. The summed E-state index contributed by atoms with van der Waals surface area (Å²) < 4.78 is 12.7. The van der Waals surface area contributed by atoms with Crippen LogP contribution in [0.15, 0.2) is 77.5 Å². The van der Waals surface area contributed by atoms with Crippen LogP contribution in [0.1, 0.15) is 11.1 Å². The van der Waals surface area contributed by atoms with E-state index >= 15 is 0 Å². The largest absolute Gasteiger partial charge is 0.485 e. The summed E-state index contributed by atoms with van der Waals surface area (Å²) in [6.07, 6.45) is 3.51. The lowest BCUT2D eigenvalue weighted by Crippen LogP contribution is -2.01. The van der Waals surface area contributed by atoms with Crippen molar-refractivity contribution in [2.75, 3.05) is 0 Å². The molecule has 0 amide bonds. The molecule has 0 unspecified atom stereocenters. The van der Waals surface area contributed by atoms with Crippen LogP contribution in [0.4, 0.5) is 0 Å². The highest BCUT2D eigenvalue weighted by Gasteiger charge is 2.10. The molecule has 0 saturated carbocycles. The number of hydrogen-bond donors (Lipinski definition) is 0. The molecular weight excluding hydrogens is 354 g/mol. The quantitative estimate of drug-likeness (QED) is 0.612. The van der Waals surface area contributed by atoms with Gasteiger partial charge in [0.25, 0.3) is 0 Å². The zero-order valence-corrected chi connectivity index (χ0v) is 14.1. The highest BCUT2D eigenvalue weighted by atomic mass is 79.9. The summed E-state index contributed by atoms with van der Waals surface area (Å²) in [5, 5.41) is 0. The van der Waals surface area contributed by atoms with Gasteiger partial charge in [-0.3, -0.25) is 4.98 Å². The van der Waals surface area contributed by atoms with Crippen LogP contribution < -0.4 is 9.47 Å². The Balaban J connectivity index is 1.71. The molecule has 2 aromatic carbocycles. The fraction of sp³-hybridized carbons (Fsp3) is 0.105. The van der Waals surface area contributed by atoms with E-state index in [-0.39, 0.29) is 0 Å². The third kappa shape index (κ3) is 4.33. The van der Waals surface area contributed by atoms with Crippen molar-refractivity contribution in [3.8, 4) is 11.5 Å². The van der Waals surface area contributed by atoms with E-state index in [1.165, 1.54) is 0 Å². The van der Waals surface area contributed by atoms with Crippen molar-refractivity contribution >= 4 is 15.9 Å². The molecule has 3 nitrogen and oxygen atoms in total. The van der Waals surface area contributed by atoms with Gasteiger partial charge in [-0.1, -0.05) is 36.4 Å². The minimum atomic E-state index is 0.465. The molecule has 116 valence electrons. The van der Waals surface area contributed by atoms with Crippen molar-refractivity contribution < 1.29 is 9.47 Å². The lowest BCUT2D eigenvalue weighted by Gasteiger charge is -2.14. The average molecular weight is 370 g/mol. The summed E-state index contributed by atoms with van der Waals surface area (Å²) in [5.74, 6) is 1.43. The Bertz CT molecular complexity index is 748. The second-order valence-corrected chi connectivity index (χ2v) is 5.84. The maximum Gasteiger partial charge on any atom is 0.175 e. The molecule has 0 radical (unpaired) electrons. The van der Waals surface area contributed by atoms with Crippen molar-refractivity contribution in [3.63, 3.8) is 0 Å². The Morgan fingerprint density at radius 3 is 2.22 bits per heavy atom. The molecule has 0 atom stereocenters. The fourth-order valence-corrected chi connectivity index (χ4v) is 2.58. The molecule has 3 aromatic rings. The van der Waals surface area contributed by atoms with Crippen LogP contribution in [0.5, 0.6) is 11.5 Å². The smallest absolute Gasteiger partial charge is 0.175 e. The van der Waals surface area contributed by atoms with Crippen molar-refractivity contribution in [1.82, 2.24) is 4.98 Å². The number of halogens is 1. The van der Waals surface area contributed by atoms with Crippen LogP contribution >= 0.6 is 15.9 Å². The van der Waals surface area contributed by atoms with Crippen molar-refractivity contribution in [1.29, 1.82) is 0 Å². The molecule has 0 saturated heterocycles. The number of nitrogens with zero attached hydrogens (tertiary/aromatic N) is 1. The molecule has 3 rings (SSSR count). The summed E-state index contributed by atoms with van der Waals surface area (Å²) in [6, 6.07) is 19.7. The van der Waals surface area contributed by atoms with E-state index in [2.05, 4.69) is 20.9 Å². The normalized spacial score (nSPS) is 10.3. The van der Waals surface area contributed by atoms with Gasteiger partial charge in [0.2, 0.25) is 0 Å². The van der Waals surface area contributed by atoms with E-state index in [9.17, 15) is 0 Å². The van der Waals surface area contributed by atoms with Crippen LogP contribution in [-0.2, 0) is 13.2 Å². The molecule has 1 aromatic heterocycles. The third-order valence-electron chi connectivity index (χ3n) is 3.30. The molecule has 0 bridgehead atoms. The Morgan fingerprint density at radius 2 is 1.43 bits per heavy atom. The first kappa shape index (κ1) is 15.6. The molecule has 0 N–H and O–H groups in total. The molecule has 0 aliphatic heterocycles. The number of aromatic nitrogens is 1. The topological polar surface area (TPSA) is 31.4 Å². The van der Waals surface area contributed by atoms with E-state index in [0.717, 1.165) is 21.3 Å². The minimum Gasteiger partial charge on any atom is -0.485 e. The van der Waals surface area contributed by atoms with E-state index in [0.29, 0.717) is 19.0 Å². The molecule has 0 aliphatic carbocycles. The van der Waals surface area contributed by atoms with E-state index in [1.807, 2.05) is 60.7 Å². The number of hydrogen-bond acceptors (Lipinski definition) is 3. The monoisotopic (exact) mass is 369 g/mol. The zero-order valence-electron chi connectivity index (χ0n) is 12.5. The van der Waals surface area contributed by atoms with Crippen LogP contribution in [0.2, 0.25) is 0 Å². The lowest BCUT2D eigenvalue weighted by atomic mass is 10.2. The van der Waals surface area contributed by atoms with Crippen LogP contribution in [0, 0.1) is 0 Å². The van der Waals surface area contributed by atoms with Crippen LogP contribution in [0.3, 0.4) is 0 Å². The second-order valence-electron chi connectivity index (χ2n) is 4.99. The van der Waals surface area contributed by atoms with E-state index < -0.39 is 0 Å². The SMILES string of the molecule is Brc1cccc(OCc2ccccc2)c1OCc1ccncc1. The van der Waals surface area contributed by atoms with Crippen molar-refractivity contribution in [3.05, 3.63) is 88.7 Å². The fourth-order valence-electron chi connectivity index (χ4n) is 2.11. The highest BCUT2D eigenvalue weighted by molar-refractivity contribution is 9.10. The van der Waals surface area contributed by atoms with Gasteiger partial charge in [0.05, 0.1) is 4.47 Å². The van der Waals surface area contributed by atoms with Gasteiger partial charge in [-0.2, -0.15) is 0 Å². The van der Waals surface area contributed by atoms with Crippen LogP contribution in [0.25, 0.3) is 0 Å². The van der Waals surface area contributed by atoms with Gasteiger partial charge in [-0.15, -0.1) is 0 Å². The number of ether oxygens (including phenoxy) is 2. The Hall–Kier alpha value is -2.33. The first-order valence-corrected chi connectivity index (χ1v) is 8.09. The van der Waals surface area contributed by atoms with Gasteiger partial charge in [0.15, 0.2) is 11.5 Å². The van der Waals surface area contributed by atoms with Crippen LogP contribution in [-0.4, -0.2) is 4.98 Å². The van der Waals surface area contributed by atoms with Gasteiger partial charge >= 0.3 is 0 Å². The van der Waals surface area contributed by atoms with Crippen molar-refractivity contribution in [2.24, 2.45) is 0 Å². The van der Waals surface area contributed by atoms with E-state index in [1.54, 1.807) is 12.4 Å². The Kier molecular flexibility index (Phi) is 5.27. The highest BCUT2D eigenvalue weighted by Crippen LogP contribution is 2.36. The number of pyridine rings is 1. The van der Waals surface area contributed by atoms with Gasteiger partial charge in [-0.25, -0.2) is 0 Å². The summed E-state index contributed by atoms with van der Waals surface area (Å²) in [4.78, 5) is 4.01. The Labute approximate surface area is 144 Å². The van der Waals surface area contributed by atoms with Gasteiger partial charge < -0.3 is 9.47 Å². The summed E-state index contributed by atoms with van der Waals surface area (Å²) in [5.41, 5.74) is 2.18. The first-order valence-electron chi connectivity index (χ1n) is 7.30. The Morgan fingerprint density at radius 1 is 0.739 bits per heavy atom. The van der Waals surface area contributed by atoms with Crippen molar-refractivity contribution in [2.45, 2.75) is 13.2 Å². The maximum absolute atomic E-state index is 5.94. The second kappa shape index (κ2) is 7.79. The number of para-hydroxylation sites is 1. The standard InChI is InChI=1S/C19H16BrNO2/c20-17-7-4-8-18(22-13-15-5-2-1-3-6-15)19(17)23-14-16-9-11-21-12-10-16/h1-12H,13-14H2. The molecule has 0 aliphatic rings. The third-order valence-corrected chi connectivity index (χ3v) is 3.93. The average Bonchev–Trinajstić information content (AvgIpc) is 2.61. The van der Waals surface area contributed by atoms with Gasteiger partial charge in [-0.05, 0) is 51.3 Å². The summed E-state index contributed by atoms with van der Waals surface area (Å²) in [6.45, 7) is 0.968. The molecule has 23 heavy (non-hydrogen) atoms.